The topological polar surface area (TPSA) is 52.3 Å². The molecule has 1 amide bonds. The molecule has 1 unspecified atom stereocenters. The van der Waals surface area contributed by atoms with Crippen LogP contribution in [-0.2, 0) is 18.5 Å². The minimum atomic E-state index is 0.232. The standard InChI is InChI=1S/C21H26N4O2/c1-4-6-15-11-20(26)24(13-15)14-25-19-12-16(27-3)8-9-17(19)22-21(25)18-7-5-10-23(18)2/h5,7-10,12,15H,4,6,11,13-14H2,1-3H3. The van der Waals surface area contributed by atoms with E-state index in [-0.39, 0.29) is 5.91 Å². The Morgan fingerprint density at radius 3 is 2.85 bits per heavy atom. The zero-order chi connectivity index (χ0) is 19.0. The van der Waals surface area contributed by atoms with Gasteiger partial charge in [-0.05, 0) is 36.6 Å². The van der Waals surface area contributed by atoms with Gasteiger partial charge >= 0.3 is 0 Å². The van der Waals surface area contributed by atoms with E-state index in [1.165, 1.54) is 0 Å². The largest absolute Gasteiger partial charge is 0.497 e. The van der Waals surface area contributed by atoms with Crippen LogP contribution in [0.5, 0.6) is 5.75 Å². The fourth-order valence-electron chi connectivity index (χ4n) is 4.02. The summed E-state index contributed by atoms with van der Waals surface area (Å²) in [5.74, 6) is 2.36. The summed E-state index contributed by atoms with van der Waals surface area (Å²) in [6.45, 7) is 3.52. The lowest BCUT2D eigenvalue weighted by molar-refractivity contribution is -0.129. The summed E-state index contributed by atoms with van der Waals surface area (Å²) in [5.41, 5.74) is 2.92. The van der Waals surface area contributed by atoms with E-state index >= 15 is 0 Å². The third-order valence-electron chi connectivity index (χ3n) is 5.43. The minimum absolute atomic E-state index is 0.232. The third kappa shape index (κ3) is 3.20. The van der Waals surface area contributed by atoms with Gasteiger partial charge in [0.05, 0.1) is 30.5 Å². The van der Waals surface area contributed by atoms with Crippen molar-refractivity contribution in [2.24, 2.45) is 13.0 Å². The van der Waals surface area contributed by atoms with E-state index in [1.807, 2.05) is 42.4 Å². The molecule has 0 saturated carbocycles. The average Bonchev–Trinajstić information content (AvgIpc) is 3.33. The Morgan fingerprint density at radius 1 is 1.30 bits per heavy atom. The van der Waals surface area contributed by atoms with Crippen LogP contribution in [0.2, 0.25) is 0 Å². The Labute approximate surface area is 159 Å². The van der Waals surface area contributed by atoms with Crippen LogP contribution < -0.4 is 4.74 Å². The molecular weight excluding hydrogens is 340 g/mol. The number of aromatic nitrogens is 3. The fourth-order valence-corrected chi connectivity index (χ4v) is 4.02. The number of rotatable bonds is 6. The molecule has 1 fully saturated rings. The Morgan fingerprint density at radius 2 is 2.15 bits per heavy atom. The van der Waals surface area contributed by atoms with Crippen LogP contribution in [0.25, 0.3) is 22.6 Å². The number of hydrogen-bond acceptors (Lipinski definition) is 3. The maximum atomic E-state index is 12.6. The van der Waals surface area contributed by atoms with E-state index in [9.17, 15) is 4.79 Å². The fraction of sp³-hybridized carbons (Fsp3) is 0.429. The summed E-state index contributed by atoms with van der Waals surface area (Å²) in [4.78, 5) is 19.4. The quantitative estimate of drug-likeness (QED) is 0.669. The lowest BCUT2D eigenvalue weighted by atomic mass is 10.0. The average molecular weight is 366 g/mol. The maximum Gasteiger partial charge on any atom is 0.224 e. The second-order valence-corrected chi connectivity index (χ2v) is 7.34. The summed E-state index contributed by atoms with van der Waals surface area (Å²) in [5, 5.41) is 0. The van der Waals surface area contributed by atoms with Crippen molar-refractivity contribution in [2.45, 2.75) is 32.9 Å². The van der Waals surface area contributed by atoms with Gasteiger partial charge in [-0.1, -0.05) is 13.3 Å². The molecule has 0 radical (unpaired) electrons. The van der Waals surface area contributed by atoms with E-state index in [2.05, 4.69) is 22.1 Å². The SMILES string of the molecule is CCCC1CC(=O)N(Cn2c(-c3cccn3C)nc3ccc(OC)cc32)C1. The van der Waals surface area contributed by atoms with Gasteiger partial charge in [-0.3, -0.25) is 4.79 Å². The van der Waals surface area contributed by atoms with E-state index < -0.39 is 0 Å². The van der Waals surface area contributed by atoms with Crippen molar-refractivity contribution in [2.75, 3.05) is 13.7 Å². The molecule has 0 N–H and O–H groups in total. The first-order valence-corrected chi connectivity index (χ1v) is 9.54. The molecule has 27 heavy (non-hydrogen) atoms. The highest BCUT2D eigenvalue weighted by molar-refractivity contribution is 5.82. The number of hydrogen-bond donors (Lipinski definition) is 0. The van der Waals surface area contributed by atoms with Gasteiger partial charge in [-0.2, -0.15) is 0 Å². The van der Waals surface area contributed by atoms with Crippen LogP contribution in [0.3, 0.4) is 0 Å². The smallest absolute Gasteiger partial charge is 0.224 e. The number of benzene rings is 1. The van der Waals surface area contributed by atoms with Crippen molar-refractivity contribution in [1.29, 1.82) is 0 Å². The van der Waals surface area contributed by atoms with E-state index in [0.717, 1.165) is 47.7 Å². The van der Waals surface area contributed by atoms with E-state index in [1.54, 1.807) is 7.11 Å². The van der Waals surface area contributed by atoms with Gasteiger partial charge in [0, 0.05) is 32.3 Å². The number of ether oxygens (including phenoxy) is 1. The molecule has 6 heteroatoms. The molecule has 0 bridgehead atoms. The molecule has 6 nitrogen and oxygen atoms in total. The van der Waals surface area contributed by atoms with Gasteiger partial charge in [-0.15, -0.1) is 0 Å². The summed E-state index contributed by atoms with van der Waals surface area (Å²) in [6.07, 6.45) is 4.89. The van der Waals surface area contributed by atoms with Crippen LogP contribution in [0.15, 0.2) is 36.5 Å². The maximum absolute atomic E-state index is 12.6. The van der Waals surface area contributed by atoms with E-state index in [4.69, 9.17) is 9.72 Å². The van der Waals surface area contributed by atoms with Crippen molar-refractivity contribution >= 4 is 16.9 Å². The van der Waals surface area contributed by atoms with Crippen molar-refractivity contribution in [3.63, 3.8) is 0 Å². The first kappa shape index (κ1) is 17.6. The van der Waals surface area contributed by atoms with Crippen molar-refractivity contribution in [3.8, 4) is 17.3 Å². The van der Waals surface area contributed by atoms with Gasteiger partial charge in [0.2, 0.25) is 5.91 Å². The van der Waals surface area contributed by atoms with Crippen molar-refractivity contribution in [1.82, 2.24) is 19.0 Å². The highest BCUT2D eigenvalue weighted by atomic mass is 16.5. The molecular formula is C21H26N4O2. The summed E-state index contributed by atoms with van der Waals surface area (Å²) < 4.78 is 9.61. The van der Waals surface area contributed by atoms with Crippen molar-refractivity contribution in [3.05, 3.63) is 36.5 Å². The summed E-state index contributed by atoms with van der Waals surface area (Å²) in [7, 11) is 3.68. The zero-order valence-electron chi connectivity index (χ0n) is 16.2. The third-order valence-corrected chi connectivity index (χ3v) is 5.43. The molecule has 1 aliphatic heterocycles. The Hall–Kier alpha value is -2.76. The number of amides is 1. The molecule has 4 rings (SSSR count). The normalized spacial score (nSPS) is 17.2. The lowest BCUT2D eigenvalue weighted by Gasteiger charge is -2.20. The monoisotopic (exact) mass is 366 g/mol. The Bertz CT molecular complexity index is 972. The number of fused-ring (bicyclic) bond motifs is 1. The highest BCUT2D eigenvalue weighted by Crippen LogP contribution is 2.30. The highest BCUT2D eigenvalue weighted by Gasteiger charge is 2.30. The van der Waals surface area contributed by atoms with Gasteiger partial charge < -0.3 is 18.8 Å². The number of methoxy groups -OCH3 is 1. The molecule has 142 valence electrons. The van der Waals surface area contributed by atoms with Crippen LogP contribution in [-0.4, -0.2) is 38.6 Å². The molecule has 1 aromatic carbocycles. The molecule has 2 aromatic heterocycles. The molecule has 1 aliphatic rings. The Balaban J connectivity index is 1.77. The number of carbonyl (C=O) groups is 1. The molecule has 0 spiro atoms. The van der Waals surface area contributed by atoms with Gasteiger partial charge in [0.25, 0.3) is 0 Å². The lowest BCUT2D eigenvalue weighted by Crippen LogP contribution is -2.28. The summed E-state index contributed by atoms with van der Waals surface area (Å²) in [6, 6.07) is 9.97. The zero-order valence-corrected chi connectivity index (χ0v) is 16.2. The van der Waals surface area contributed by atoms with Crippen molar-refractivity contribution < 1.29 is 9.53 Å². The predicted molar refractivity (Wildman–Crippen MR) is 105 cm³/mol. The predicted octanol–water partition coefficient (Wildman–Crippen LogP) is 3.66. The van der Waals surface area contributed by atoms with Crippen LogP contribution in [0.1, 0.15) is 26.2 Å². The van der Waals surface area contributed by atoms with Crippen LogP contribution >= 0.6 is 0 Å². The van der Waals surface area contributed by atoms with Gasteiger partial charge in [-0.25, -0.2) is 4.98 Å². The molecule has 1 atom stereocenters. The molecule has 3 heterocycles. The molecule has 0 aliphatic carbocycles. The molecule has 1 saturated heterocycles. The Kier molecular flexibility index (Phi) is 4.64. The second kappa shape index (κ2) is 7.10. The number of imidazole rings is 1. The van der Waals surface area contributed by atoms with Crippen LogP contribution in [0, 0.1) is 5.92 Å². The number of likely N-dealkylation sites (tertiary alicyclic amines) is 1. The number of nitrogens with zero attached hydrogens (tertiary/aromatic N) is 4. The van der Waals surface area contributed by atoms with Crippen LogP contribution in [0.4, 0.5) is 0 Å². The summed E-state index contributed by atoms with van der Waals surface area (Å²) >= 11 is 0. The van der Waals surface area contributed by atoms with Gasteiger partial charge in [0.1, 0.15) is 5.75 Å². The van der Waals surface area contributed by atoms with Gasteiger partial charge in [0.15, 0.2) is 5.82 Å². The molecule has 3 aromatic rings. The second-order valence-electron chi connectivity index (χ2n) is 7.34. The number of carbonyl (C=O) groups excluding carboxylic acids is 1. The minimum Gasteiger partial charge on any atom is -0.497 e. The first-order chi connectivity index (χ1) is 13.1. The first-order valence-electron chi connectivity index (χ1n) is 9.54. The van der Waals surface area contributed by atoms with E-state index in [0.29, 0.717) is 19.0 Å². The number of aryl methyl sites for hydroxylation is 1.